The molecule has 118 valence electrons. The third-order valence-electron chi connectivity index (χ3n) is 3.69. The second-order valence-corrected chi connectivity index (χ2v) is 5.80. The van der Waals surface area contributed by atoms with Crippen LogP contribution in [0.5, 0.6) is 0 Å². The molecule has 1 aromatic rings. The molecule has 6 heteroatoms. The van der Waals surface area contributed by atoms with Gasteiger partial charge in [-0.2, -0.15) is 4.98 Å². The van der Waals surface area contributed by atoms with Gasteiger partial charge < -0.3 is 10.0 Å². The van der Waals surface area contributed by atoms with E-state index in [1.165, 1.54) is 0 Å². The number of aromatic nitrogens is 2. The molecule has 0 radical (unpaired) electrons. The van der Waals surface area contributed by atoms with Gasteiger partial charge in [-0.15, -0.1) is 0 Å². The van der Waals surface area contributed by atoms with Gasteiger partial charge in [0.15, 0.2) is 0 Å². The molecular weight excluding hydrogens is 270 g/mol. The Morgan fingerprint density at radius 2 is 2.00 bits per heavy atom. The van der Waals surface area contributed by atoms with Crippen molar-refractivity contribution in [2.75, 3.05) is 20.6 Å². The molecule has 1 atom stereocenters. The van der Waals surface area contributed by atoms with Crippen LogP contribution in [0.4, 0.5) is 0 Å². The van der Waals surface area contributed by atoms with Crippen molar-refractivity contribution < 1.29 is 9.90 Å². The molecule has 0 aliphatic carbocycles. The number of carbonyl (C=O) groups is 1. The van der Waals surface area contributed by atoms with E-state index in [1.54, 1.807) is 18.4 Å². The molecule has 1 unspecified atom stereocenters. The monoisotopic (exact) mass is 295 g/mol. The summed E-state index contributed by atoms with van der Waals surface area (Å²) < 4.78 is 1.65. The van der Waals surface area contributed by atoms with Crippen molar-refractivity contribution in [3.8, 4) is 0 Å². The van der Waals surface area contributed by atoms with Crippen LogP contribution in [0.25, 0.3) is 0 Å². The van der Waals surface area contributed by atoms with Gasteiger partial charge in [0.25, 0.3) is 0 Å². The number of hydrogen-bond donors (Lipinski definition) is 1. The molecule has 0 aromatic carbocycles. The van der Waals surface area contributed by atoms with Crippen molar-refractivity contribution in [2.45, 2.75) is 40.2 Å². The third kappa shape index (κ3) is 4.67. The Balaban J connectivity index is 3.04. The van der Waals surface area contributed by atoms with Crippen LogP contribution in [0.2, 0.25) is 0 Å². The smallest absolute Gasteiger partial charge is 0.347 e. The van der Waals surface area contributed by atoms with E-state index in [2.05, 4.69) is 9.88 Å². The number of rotatable bonds is 7. The quantitative estimate of drug-likeness (QED) is 0.814. The topological polar surface area (TPSA) is 75.4 Å². The van der Waals surface area contributed by atoms with Crippen LogP contribution >= 0.6 is 0 Å². The summed E-state index contributed by atoms with van der Waals surface area (Å²) in [5.41, 5.74) is 2.08. The third-order valence-corrected chi connectivity index (χ3v) is 3.69. The molecule has 1 N–H and O–H groups in total. The zero-order valence-corrected chi connectivity index (χ0v) is 13.5. The Kier molecular flexibility index (Phi) is 6.08. The summed E-state index contributed by atoms with van der Waals surface area (Å²) in [6.07, 6.45) is 1.25. The zero-order valence-electron chi connectivity index (χ0n) is 13.5. The van der Waals surface area contributed by atoms with Gasteiger partial charge in [0, 0.05) is 17.9 Å². The summed E-state index contributed by atoms with van der Waals surface area (Å²) in [6, 6.07) is 0. The average Bonchev–Trinajstić information content (AvgIpc) is 2.37. The Morgan fingerprint density at radius 1 is 1.38 bits per heavy atom. The van der Waals surface area contributed by atoms with Crippen molar-refractivity contribution in [2.24, 2.45) is 5.92 Å². The van der Waals surface area contributed by atoms with E-state index < -0.39 is 11.9 Å². The van der Waals surface area contributed by atoms with Gasteiger partial charge in [-0.05, 0) is 52.9 Å². The molecular formula is C15H25N3O3. The molecule has 1 rings (SSSR count). The van der Waals surface area contributed by atoms with Crippen LogP contribution in [0, 0.1) is 19.8 Å². The minimum Gasteiger partial charge on any atom is -0.481 e. The largest absolute Gasteiger partial charge is 0.481 e. The van der Waals surface area contributed by atoms with Gasteiger partial charge >= 0.3 is 11.7 Å². The van der Waals surface area contributed by atoms with Crippen molar-refractivity contribution in [3.05, 3.63) is 27.4 Å². The lowest BCUT2D eigenvalue weighted by Crippen LogP contribution is -2.30. The normalized spacial score (nSPS) is 12.7. The van der Waals surface area contributed by atoms with Crippen LogP contribution in [0.15, 0.2) is 4.79 Å². The maximum atomic E-state index is 12.0. The fourth-order valence-electron chi connectivity index (χ4n) is 2.34. The van der Waals surface area contributed by atoms with Crippen LogP contribution in [0.1, 0.15) is 30.3 Å². The molecule has 0 aliphatic heterocycles. The van der Waals surface area contributed by atoms with E-state index in [9.17, 15) is 9.59 Å². The summed E-state index contributed by atoms with van der Waals surface area (Å²) in [7, 11) is 3.98. The van der Waals surface area contributed by atoms with E-state index in [1.807, 2.05) is 21.0 Å². The van der Waals surface area contributed by atoms with Gasteiger partial charge in [0.1, 0.15) is 0 Å². The minimum absolute atomic E-state index is 0.254. The molecule has 1 heterocycles. The standard InChI is InChI=1S/C15H25N3O3/c1-10(14(19)20)9-13-11(2)16-15(21)18(12(13)3)8-6-7-17(4)5/h10H,6-9H2,1-5H3,(H,19,20). The van der Waals surface area contributed by atoms with Crippen LogP contribution in [-0.4, -0.2) is 46.2 Å². The fourth-order valence-corrected chi connectivity index (χ4v) is 2.34. The van der Waals surface area contributed by atoms with Crippen LogP contribution in [0.3, 0.4) is 0 Å². The molecule has 0 saturated carbocycles. The van der Waals surface area contributed by atoms with E-state index in [-0.39, 0.29) is 5.69 Å². The summed E-state index contributed by atoms with van der Waals surface area (Å²) in [6.45, 7) is 6.80. The predicted octanol–water partition coefficient (Wildman–Crippen LogP) is 1.08. The Labute approximate surface area is 125 Å². The molecule has 0 fully saturated rings. The first-order valence-electron chi connectivity index (χ1n) is 7.18. The van der Waals surface area contributed by atoms with Gasteiger partial charge in [0.05, 0.1) is 5.92 Å². The number of aliphatic carboxylic acids is 1. The molecule has 0 spiro atoms. The Hall–Kier alpha value is -1.69. The lowest BCUT2D eigenvalue weighted by molar-refractivity contribution is -0.141. The summed E-state index contributed by atoms with van der Waals surface area (Å²) >= 11 is 0. The van der Waals surface area contributed by atoms with Crippen LogP contribution in [-0.2, 0) is 17.8 Å². The van der Waals surface area contributed by atoms with Crippen LogP contribution < -0.4 is 5.69 Å². The highest BCUT2D eigenvalue weighted by molar-refractivity contribution is 5.70. The first-order valence-corrected chi connectivity index (χ1v) is 7.18. The number of hydrogen-bond acceptors (Lipinski definition) is 4. The second-order valence-electron chi connectivity index (χ2n) is 5.80. The first kappa shape index (κ1) is 17.4. The highest BCUT2D eigenvalue weighted by atomic mass is 16.4. The van der Waals surface area contributed by atoms with Crippen molar-refractivity contribution in [1.29, 1.82) is 0 Å². The van der Waals surface area contributed by atoms with Crippen molar-refractivity contribution in [1.82, 2.24) is 14.5 Å². The van der Waals surface area contributed by atoms with Gasteiger partial charge in [-0.1, -0.05) is 6.92 Å². The zero-order chi connectivity index (χ0) is 16.2. The minimum atomic E-state index is -0.834. The molecule has 0 aliphatic rings. The molecule has 0 saturated heterocycles. The molecule has 1 aromatic heterocycles. The molecule has 0 bridgehead atoms. The number of carboxylic acids is 1. The second kappa shape index (κ2) is 7.36. The SMILES string of the molecule is Cc1nc(=O)n(CCCN(C)C)c(C)c1CC(C)C(=O)O. The lowest BCUT2D eigenvalue weighted by Gasteiger charge is -2.17. The Bertz CT molecular complexity index is 564. The van der Waals surface area contributed by atoms with E-state index in [0.29, 0.717) is 18.7 Å². The average molecular weight is 295 g/mol. The molecule has 21 heavy (non-hydrogen) atoms. The summed E-state index contributed by atoms with van der Waals surface area (Å²) in [4.78, 5) is 29.2. The van der Waals surface area contributed by atoms with Crippen molar-refractivity contribution in [3.63, 3.8) is 0 Å². The van der Waals surface area contributed by atoms with Crippen molar-refractivity contribution >= 4 is 5.97 Å². The van der Waals surface area contributed by atoms with Gasteiger partial charge in [-0.3, -0.25) is 9.36 Å². The highest BCUT2D eigenvalue weighted by Crippen LogP contribution is 2.15. The summed E-state index contributed by atoms with van der Waals surface area (Å²) in [5.74, 6) is -1.32. The van der Waals surface area contributed by atoms with E-state index in [0.717, 1.165) is 24.2 Å². The number of nitrogens with zero attached hydrogens (tertiary/aromatic N) is 3. The van der Waals surface area contributed by atoms with E-state index >= 15 is 0 Å². The maximum absolute atomic E-state index is 12.0. The maximum Gasteiger partial charge on any atom is 0.347 e. The van der Waals surface area contributed by atoms with Gasteiger partial charge in [0.2, 0.25) is 0 Å². The summed E-state index contributed by atoms with van der Waals surface area (Å²) in [5, 5.41) is 9.06. The Morgan fingerprint density at radius 3 is 2.52 bits per heavy atom. The van der Waals surface area contributed by atoms with Gasteiger partial charge in [-0.25, -0.2) is 4.79 Å². The van der Waals surface area contributed by atoms with E-state index in [4.69, 9.17) is 5.11 Å². The lowest BCUT2D eigenvalue weighted by atomic mass is 9.99. The highest BCUT2D eigenvalue weighted by Gasteiger charge is 2.18. The molecule has 6 nitrogen and oxygen atoms in total. The number of carboxylic acid groups (broad SMARTS) is 1. The fraction of sp³-hybridized carbons (Fsp3) is 0.667. The number of aryl methyl sites for hydroxylation is 1. The predicted molar refractivity (Wildman–Crippen MR) is 81.6 cm³/mol. The molecule has 0 amide bonds. The first-order chi connectivity index (χ1) is 9.73.